The molecule has 0 spiro atoms. The van der Waals surface area contributed by atoms with Gasteiger partial charge in [0.2, 0.25) is 10.0 Å². The zero-order valence-corrected chi connectivity index (χ0v) is 14.3. The van der Waals surface area contributed by atoms with Gasteiger partial charge in [-0.3, -0.25) is 4.79 Å². The zero-order valence-electron chi connectivity index (χ0n) is 10.4. The van der Waals surface area contributed by atoms with Crippen LogP contribution in [0.1, 0.15) is 13.3 Å². The number of carboxylic acid groups (broad SMARTS) is 1. The number of aliphatic carboxylic acids is 1. The summed E-state index contributed by atoms with van der Waals surface area (Å²) in [5, 5.41) is 8.70. The van der Waals surface area contributed by atoms with Crippen LogP contribution in [0.2, 0.25) is 10.0 Å². The highest BCUT2D eigenvalue weighted by molar-refractivity contribution is 9.10. The van der Waals surface area contributed by atoms with Crippen molar-refractivity contribution in [2.24, 2.45) is 5.92 Å². The summed E-state index contributed by atoms with van der Waals surface area (Å²) >= 11 is 14.9. The second-order valence-corrected chi connectivity index (χ2v) is 7.56. The molecule has 0 aromatic heterocycles. The monoisotopic (exact) mass is 403 g/mol. The summed E-state index contributed by atoms with van der Waals surface area (Å²) in [6.45, 7) is 1.48. The average molecular weight is 405 g/mol. The molecule has 5 nitrogen and oxygen atoms in total. The van der Waals surface area contributed by atoms with Crippen molar-refractivity contribution in [2.75, 3.05) is 6.54 Å². The number of halogens is 3. The number of carboxylic acids is 1. The molecule has 1 atom stereocenters. The van der Waals surface area contributed by atoms with Crippen molar-refractivity contribution in [2.45, 2.75) is 18.2 Å². The van der Waals surface area contributed by atoms with E-state index in [2.05, 4.69) is 20.7 Å². The predicted octanol–water partition coefficient (Wildman–Crippen LogP) is 3.15. The minimum absolute atomic E-state index is 0.0110. The summed E-state index contributed by atoms with van der Waals surface area (Å²) in [4.78, 5) is 10.4. The second-order valence-electron chi connectivity index (χ2n) is 4.12. The van der Waals surface area contributed by atoms with Crippen LogP contribution in [0.3, 0.4) is 0 Å². The maximum absolute atomic E-state index is 12.1. The first-order valence-corrected chi connectivity index (χ1v) is 8.55. The van der Waals surface area contributed by atoms with E-state index < -0.39 is 21.9 Å². The number of sulfonamides is 1. The highest BCUT2D eigenvalue weighted by atomic mass is 79.9. The molecule has 1 rings (SSSR count). The van der Waals surface area contributed by atoms with Gasteiger partial charge in [0.1, 0.15) is 4.90 Å². The minimum atomic E-state index is -3.89. The molecule has 0 fully saturated rings. The maximum atomic E-state index is 12.1. The molecular weight excluding hydrogens is 393 g/mol. The quantitative estimate of drug-likeness (QED) is 0.762. The van der Waals surface area contributed by atoms with Gasteiger partial charge in [-0.15, -0.1) is 0 Å². The Labute approximate surface area is 135 Å². The summed E-state index contributed by atoms with van der Waals surface area (Å²) in [7, 11) is -3.89. The fraction of sp³-hybridized carbons (Fsp3) is 0.364. The van der Waals surface area contributed by atoms with Crippen molar-refractivity contribution in [3.63, 3.8) is 0 Å². The first kappa shape index (κ1) is 17.7. The van der Waals surface area contributed by atoms with Crippen molar-refractivity contribution in [1.29, 1.82) is 0 Å². The van der Waals surface area contributed by atoms with Gasteiger partial charge in [0, 0.05) is 11.0 Å². The highest BCUT2D eigenvalue weighted by Crippen LogP contribution is 2.32. The Morgan fingerprint density at radius 2 is 1.90 bits per heavy atom. The van der Waals surface area contributed by atoms with Crippen LogP contribution in [-0.4, -0.2) is 26.0 Å². The third-order valence-corrected chi connectivity index (χ3v) is 5.36. The van der Waals surface area contributed by atoms with Crippen LogP contribution in [-0.2, 0) is 14.8 Å². The van der Waals surface area contributed by atoms with Gasteiger partial charge in [-0.1, -0.05) is 46.1 Å². The van der Waals surface area contributed by atoms with Crippen molar-refractivity contribution < 1.29 is 18.3 Å². The molecular formula is C11H12BrCl2NO4S. The van der Waals surface area contributed by atoms with E-state index in [1.807, 2.05) is 0 Å². The Morgan fingerprint density at radius 3 is 2.35 bits per heavy atom. The van der Waals surface area contributed by atoms with Crippen LogP contribution in [0, 0.1) is 5.92 Å². The predicted molar refractivity (Wildman–Crippen MR) is 80.8 cm³/mol. The molecule has 20 heavy (non-hydrogen) atoms. The van der Waals surface area contributed by atoms with Gasteiger partial charge in [-0.2, -0.15) is 0 Å². The topological polar surface area (TPSA) is 83.5 Å². The molecule has 0 bridgehead atoms. The fourth-order valence-corrected chi connectivity index (χ4v) is 4.37. The Bertz CT molecular complexity index is 598. The summed E-state index contributed by atoms with van der Waals surface area (Å²) in [5.74, 6) is -1.63. The first-order chi connectivity index (χ1) is 9.15. The molecule has 9 heteroatoms. The Kier molecular flexibility index (Phi) is 6.27. The molecule has 1 aromatic rings. The lowest BCUT2D eigenvalue weighted by atomic mass is 10.1. The molecule has 0 aliphatic carbocycles. The molecule has 112 valence electrons. The van der Waals surface area contributed by atoms with Crippen LogP contribution in [0.15, 0.2) is 21.5 Å². The van der Waals surface area contributed by atoms with Crippen LogP contribution >= 0.6 is 39.1 Å². The molecule has 0 saturated carbocycles. The van der Waals surface area contributed by atoms with Crippen LogP contribution < -0.4 is 4.72 Å². The standard InChI is InChI=1S/C11H12BrCl2NO4S/c1-6(11(16)17)2-3-15-20(18,19)10-8(13)4-7(12)5-9(10)14/h4-6,15H,2-3H2,1H3,(H,16,17). The van der Waals surface area contributed by atoms with Gasteiger partial charge in [0.15, 0.2) is 0 Å². The average Bonchev–Trinajstić information content (AvgIpc) is 2.26. The van der Waals surface area contributed by atoms with E-state index in [1.54, 1.807) is 0 Å². The van der Waals surface area contributed by atoms with E-state index in [9.17, 15) is 13.2 Å². The third-order valence-electron chi connectivity index (χ3n) is 2.52. The van der Waals surface area contributed by atoms with E-state index in [0.717, 1.165) is 0 Å². The molecule has 0 aliphatic rings. The molecule has 0 radical (unpaired) electrons. The van der Waals surface area contributed by atoms with Crippen molar-refractivity contribution in [1.82, 2.24) is 4.72 Å². The number of benzene rings is 1. The van der Waals surface area contributed by atoms with E-state index in [0.29, 0.717) is 4.47 Å². The van der Waals surface area contributed by atoms with Gasteiger partial charge < -0.3 is 5.11 Å². The molecule has 2 N–H and O–H groups in total. The number of nitrogens with one attached hydrogen (secondary N) is 1. The van der Waals surface area contributed by atoms with Gasteiger partial charge in [0.25, 0.3) is 0 Å². The highest BCUT2D eigenvalue weighted by Gasteiger charge is 2.22. The van der Waals surface area contributed by atoms with Crippen LogP contribution in [0.25, 0.3) is 0 Å². The summed E-state index contributed by atoms with van der Waals surface area (Å²) in [6.07, 6.45) is 0.167. The smallest absolute Gasteiger partial charge is 0.306 e. The Morgan fingerprint density at radius 1 is 1.40 bits per heavy atom. The minimum Gasteiger partial charge on any atom is -0.481 e. The molecule has 0 saturated heterocycles. The lowest BCUT2D eigenvalue weighted by Crippen LogP contribution is -2.27. The van der Waals surface area contributed by atoms with E-state index in [4.69, 9.17) is 28.3 Å². The van der Waals surface area contributed by atoms with E-state index >= 15 is 0 Å². The summed E-state index contributed by atoms with van der Waals surface area (Å²) in [6, 6.07) is 2.84. The van der Waals surface area contributed by atoms with Gasteiger partial charge in [-0.05, 0) is 18.6 Å². The molecule has 0 amide bonds. The largest absolute Gasteiger partial charge is 0.481 e. The van der Waals surface area contributed by atoms with Crippen LogP contribution in [0.5, 0.6) is 0 Å². The number of carbonyl (C=O) groups is 1. The fourth-order valence-electron chi connectivity index (χ4n) is 1.39. The summed E-state index contributed by atoms with van der Waals surface area (Å²) < 4.78 is 27.0. The number of hydrogen-bond acceptors (Lipinski definition) is 3. The van der Waals surface area contributed by atoms with Crippen molar-refractivity contribution in [3.8, 4) is 0 Å². The van der Waals surface area contributed by atoms with Crippen molar-refractivity contribution >= 4 is 55.1 Å². The second kappa shape index (κ2) is 7.09. The molecule has 0 heterocycles. The first-order valence-electron chi connectivity index (χ1n) is 5.52. The Hall–Kier alpha value is -0.340. The number of hydrogen-bond donors (Lipinski definition) is 2. The lowest BCUT2D eigenvalue weighted by Gasteiger charge is -2.11. The molecule has 1 unspecified atom stereocenters. The van der Waals surface area contributed by atoms with Gasteiger partial charge >= 0.3 is 5.97 Å². The lowest BCUT2D eigenvalue weighted by molar-refractivity contribution is -0.141. The van der Waals surface area contributed by atoms with Crippen LogP contribution in [0.4, 0.5) is 0 Å². The summed E-state index contributed by atoms with van der Waals surface area (Å²) in [5.41, 5.74) is 0. The normalized spacial score (nSPS) is 13.2. The maximum Gasteiger partial charge on any atom is 0.306 e. The third kappa shape index (κ3) is 4.60. The van der Waals surface area contributed by atoms with E-state index in [-0.39, 0.29) is 27.9 Å². The zero-order chi connectivity index (χ0) is 15.5. The number of rotatable bonds is 6. The van der Waals surface area contributed by atoms with Crippen molar-refractivity contribution in [3.05, 3.63) is 26.7 Å². The molecule has 1 aromatic carbocycles. The molecule has 0 aliphatic heterocycles. The SMILES string of the molecule is CC(CCNS(=O)(=O)c1c(Cl)cc(Br)cc1Cl)C(=O)O. The van der Waals surface area contributed by atoms with E-state index in [1.165, 1.54) is 19.1 Å². The van der Waals surface area contributed by atoms with Gasteiger partial charge in [0.05, 0.1) is 16.0 Å². The van der Waals surface area contributed by atoms with Gasteiger partial charge in [-0.25, -0.2) is 13.1 Å². The Balaban J connectivity index is 2.88.